The van der Waals surface area contributed by atoms with E-state index in [1.165, 1.54) is 0 Å². The minimum absolute atomic E-state index is 0.0416. The van der Waals surface area contributed by atoms with Crippen LogP contribution >= 0.6 is 11.8 Å². The van der Waals surface area contributed by atoms with Crippen molar-refractivity contribution in [1.82, 2.24) is 4.90 Å². The Kier molecular flexibility index (Phi) is 7.18. The first-order chi connectivity index (χ1) is 12.0. The maximum Gasteiger partial charge on any atom is 0.305 e. The summed E-state index contributed by atoms with van der Waals surface area (Å²) in [7, 11) is 1.55. The average Bonchev–Trinajstić information content (AvgIpc) is 2.60. The zero-order valence-electron chi connectivity index (χ0n) is 14.4. The molecule has 1 amide bonds. The third-order valence-corrected chi connectivity index (χ3v) is 4.95. The lowest BCUT2D eigenvalue weighted by molar-refractivity contribution is -0.141. The van der Waals surface area contributed by atoms with Gasteiger partial charge in [0.1, 0.15) is 0 Å². The lowest BCUT2D eigenvalue weighted by Gasteiger charge is -2.34. The van der Waals surface area contributed by atoms with Crippen molar-refractivity contribution >= 4 is 29.7 Å². The Morgan fingerprint density at radius 2 is 2.20 bits per heavy atom. The Balaban J connectivity index is 2.02. The van der Waals surface area contributed by atoms with Gasteiger partial charge in [-0.3, -0.25) is 9.59 Å². The molecule has 0 radical (unpaired) electrons. The second-order valence-electron chi connectivity index (χ2n) is 5.61. The van der Waals surface area contributed by atoms with E-state index in [1.54, 1.807) is 29.8 Å². The molecule has 1 fully saturated rings. The molecule has 0 aromatic heterocycles. The van der Waals surface area contributed by atoms with E-state index in [0.29, 0.717) is 23.8 Å². The van der Waals surface area contributed by atoms with Gasteiger partial charge < -0.3 is 19.5 Å². The fourth-order valence-electron chi connectivity index (χ4n) is 2.68. The number of benzene rings is 1. The summed E-state index contributed by atoms with van der Waals surface area (Å²) >= 11 is 1.67. The number of methoxy groups -OCH3 is 1. The topological polar surface area (TPSA) is 76.1 Å². The summed E-state index contributed by atoms with van der Waals surface area (Å²) in [5.74, 6) is 1.39. The minimum atomic E-state index is -0.896. The Bertz CT molecular complexity index is 646. The SMILES string of the molecule is C/C=C/c1ccc(OCC(=O)N2CCSCC2CC(=O)O)c(OC)c1. The molecule has 1 aromatic rings. The van der Waals surface area contributed by atoms with Crippen molar-refractivity contribution in [3.05, 3.63) is 29.8 Å². The number of amides is 1. The third-order valence-electron chi connectivity index (χ3n) is 3.86. The molecule has 7 heteroatoms. The van der Waals surface area contributed by atoms with E-state index >= 15 is 0 Å². The van der Waals surface area contributed by atoms with Crippen molar-refractivity contribution < 1.29 is 24.2 Å². The van der Waals surface area contributed by atoms with Crippen molar-refractivity contribution in [3.8, 4) is 11.5 Å². The van der Waals surface area contributed by atoms with Crippen LogP contribution in [0, 0.1) is 0 Å². The van der Waals surface area contributed by atoms with Crippen LogP contribution in [0.5, 0.6) is 11.5 Å². The smallest absolute Gasteiger partial charge is 0.305 e. The normalized spacial score (nSPS) is 17.5. The van der Waals surface area contributed by atoms with Crippen LogP contribution in [0.3, 0.4) is 0 Å². The molecule has 0 spiro atoms. The summed E-state index contributed by atoms with van der Waals surface area (Å²) in [5.41, 5.74) is 0.979. The number of allylic oxidation sites excluding steroid dienone is 1. The van der Waals surface area contributed by atoms with Crippen LogP contribution in [0.1, 0.15) is 18.9 Å². The van der Waals surface area contributed by atoms with E-state index in [9.17, 15) is 9.59 Å². The highest BCUT2D eigenvalue weighted by Gasteiger charge is 2.29. The first-order valence-corrected chi connectivity index (χ1v) is 9.23. The van der Waals surface area contributed by atoms with Crippen LogP contribution in [-0.4, -0.2) is 59.7 Å². The standard InChI is InChI=1S/C18H23NO5S/c1-3-4-13-5-6-15(16(9-13)23-2)24-11-17(20)19-7-8-25-12-14(19)10-18(21)22/h3-6,9,14H,7-8,10-12H2,1-2H3,(H,21,22)/b4-3+. The first-order valence-electron chi connectivity index (χ1n) is 8.07. The van der Waals surface area contributed by atoms with Crippen molar-refractivity contribution in [2.24, 2.45) is 0 Å². The molecule has 0 aliphatic carbocycles. The molecule has 1 atom stereocenters. The molecule has 25 heavy (non-hydrogen) atoms. The molecule has 2 rings (SSSR count). The third kappa shape index (κ3) is 5.42. The molecule has 1 N–H and O–H groups in total. The summed E-state index contributed by atoms with van der Waals surface area (Å²) < 4.78 is 11.0. The van der Waals surface area contributed by atoms with Gasteiger partial charge in [-0.1, -0.05) is 18.2 Å². The molecule has 0 bridgehead atoms. The Morgan fingerprint density at radius 1 is 1.40 bits per heavy atom. The van der Waals surface area contributed by atoms with Gasteiger partial charge in [0.2, 0.25) is 0 Å². The van der Waals surface area contributed by atoms with Gasteiger partial charge >= 0.3 is 5.97 Å². The maximum atomic E-state index is 12.5. The van der Waals surface area contributed by atoms with Gasteiger partial charge in [-0.05, 0) is 24.6 Å². The molecular formula is C18H23NO5S. The van der Waals surface area contributed by atoms with Crippen LogP contribution < -0.4 is 9.47 Å². The monoisotopic (exact) mass is 365 g/mol. The van der Waals surface area contributed by atoms with Crippen LogP contribution in [0.15, 0.2) is 24.3 Å². The maximum absolute atomic E-state index is 12.5. The second-order valence-corrected chi connectivity index (χ2v) is 6.76. The fourth-order valence-corrected chi connectivity index (χ4v) is 3.74. The number of thioether (sulfide) groups is 1. The minimum Gasteiger partial charge on any atom is -0.493 e. The summed E-state index contributed by atoms with van der Waals surface area (Å²) in [6.07, 6.45) is 3.83. The number of rotatable bonds is 7. The zero-order valence-corrected chi connectivity index (χ0v) is 15.3. The number of carbonyl (C=O) groups is 2. The first kappa shape index (κ1) is 19.2. The lowest BCUT2D eigenvalue weighted by atomic mass is 10.2. The quantitative estimate of drug-likeness (QED) is 0.800. The van der Waals surface area contributed by atoms with Crippen molar-refractivity contribution in [2.75, 3.05) is 31.8 Å². The predicted molar refractivity (Wildman–Crippen MR) is 98.3 cm³/mol. The van der Waals surface area contributed by atoms with E-state index < -0.39 is 5.97 Å². The van der Waals surface area contributed by atoms with Gasteiger partial charge in [-0.2, -0.15) is 11.8 Å². The fraction of sp³-hybridized carbons (Fsp3) is 0.444. The van der Waals surface area contributed by atoms with Crippen LogP contribution in [0.4, 0.5) is 0 Å². The summed E-state index contributed by atoms with van der Waals surface area (Å²) in [6.45, 7) is 2.34. The molecular weight excluding hydrogens is 342 g/mol. The van der Waals surface area contributed by atoms with Crippen molar-refractivity contribution in [1.29, 1.82) is 0 Å². The summed E-state index contributed by atoms with van der Waals surface area (Å²) in [4.78, 5) is 25.1. The van der Waals surface area contributed by atoms with Crippen molar-refractivity contribution in [3.63, 3.8) is 0 Å². The number of carbonyl (C=O) groups excluding carboxylic acids is 1. The lowest BCUT2D eigenvalue weighted by Crippen LogP contribution is -2.48. The van der Waals surface area contributed by atoms with E-state index in [4.69, 9.17) is 14.6 Å². The number of nitrogens with zero attached hydrogens (tertiary/aromatic N) is 1. The van der Waals surface area contributed by atoms with Crippen LogP contribution in [-0.2, 0) is 9.59 Å². The van der Waals surface area contributed by atoms with Crippen LogP contribution in [0.25, 0.3) is 6.08 Å². The Hall–Kier alpha value is -2.15. The highest BCUT2D eigenvalue weighted by atomic mass is 32.2. The number of hydrogen-bond donors (Lipinski definition) is 1. The van der Waals surface area contributed by atoms with E-state index in [-0.39, 0.29) is 25.0 Å². The summed E-state index contributed by atoms with van der Waals surface area (Å²) in [6, 6.07) is 5.20. The van der Waals surface area contributed by atoms with Gasteiger partial charge in [-0.15, -0.1) is 0 Å². The Labute approximate surface area is 151 Å². The van der Waals surface area contributed by atoms with Gasteiger partial charge in [0.15, 0.2) is 18.1 Å². The van der Waals surface area contributed by atoms with Crippen LogP contribution in [0.2, 0.25) is 0 Å². The van der Waals surface area contributed by atoms with Gasteiger partial charge in [-0.25, -0.2) is 0 Å². The number of hydrogen-bond acceptors (Lipinski definition) is 5. The van der Waals surface area contributed by atoms with E-state index in [1.807, 2.05) is 31.2 Å². The van der Waals surface area contributed by atoms with Gasteiger partial charge in [0.25, 0.3) is 5.91 Å². The molecule has 1 aliphatic heterocycles. The number of carboxylic acids is 1. The molecule has 6 nitrogen and oxygen atoms in total. The molecule has 1 heterocycles. The largest absolute Gasteiger partial charge is 0.493 e. The van der Waals surface area contributed by atoms with Gasteiger partial charge in [0.05, 0.1) is 19.6 Å². The molecule has 136 valence electrons. The molecule has 1 aromatic carbocycles. The number of ether oxygens (including phenoxy) is 2. The van der Waals surface area contributed by atoms with Gasteiger partial charge in [0, 0.05) is 18.1 Å². The highest BCUT2D eigenvalue weighted by Crippen LogP contribution is 2.29. The Morgan fingerprint density at radius 3 is 2.88 bits per heavy atom. The van der Waals surface area contributed by atoms with E-state index in [0.717, 1.165) is 11.3 Å². The second kappa shape index (κ2) is 9.36. The summed E-state index contributed by atoms with van der Waals surface area (Å²) in [5, 5.41) is 9.01. The molecule has 0 saturated carbocycles. The highest BCUT2D eigenvalue weighted by molar-refractivity contribution is 7.99. The zero-order chi connectivity index (χ0) is 18.2. The van der Waals surface area contributed by atoms with E-state index in [2.05, 4.69) is 0 Å². The molecule has 1 saturated heterocycles. The van der Waals surface area contributed by atoms with Crippen molar-refractivity contribution in [2.45, 2.75) is 19.4 Å². The molecule has 1 aliphatic rings. The number of aliphatic carboxylic acids is 1. The predicted octanol–water partition coefficient (Wildman–Crippen LogP) is 2.53. The molecule has 1 unspecified atom stereocenters. The average molecular weight is 365 g/mol. The number of carboxylic acid groups (broad SMARTS) is 1.